The van der Waals surface area contributed by atoms with Gasteiger partial charge in [0.25, 0.3) is 5.69 Å². The first-order chi connectivity index (χ1) is 10.2. The molecule has 0 bridgehead atoms. The molecule has 21 heavy (non-hydrogen) atoms. The van der Waals surface area contributed by atoms with Crippen molar-refractivity contribution in [3.8, 4) is 6.07 Å². The van der Waals surface area contributed by atoms with E-state index < -0.39 is 0 Å². The molecule has 4 aromatic rings. The van der Waals surface area contributed by atoms with Gasteiger partial charge in [-0.2, -0.15) is 5.26 Å². The van der Waals surface area contributed by atoms with Gasteiger partial charge in [0.05, 0.1) is 21.9 Å². The molecular weight excluding hydrogens is 264 g/mol. The average molecular weight is 272 g/mol. The topological polar surface area (TPSA) is 66.9 Å². The first-order valence-corrected chi connectivity index (χ1v) is 6.46. The third-order valence-electron chi connectivity index (χ3n) is 3.96. The van der Waals surface area contributed by atoms with Crippen molar-refractivity contribution >= 4 is 38.0 Å². The SMILES string of the molecule is N#Cc1ccc2ccc3c([N+](=O)[O-])ccc4ccc1c2c43. The van der Waals surface area contributed by atoms with E-state index in [9.17, 15) is 15.4 Å². The third-order valence-corrected chi connectivity index (χ3v) is 3.96. The van der Waals surface area contributed by atoms with Crippen molar-refractivity contribution in [3.63, 3.8) is 0 Å². The lowest BCUT2D eigenvalue weighted by Crippen LogP contribution is -1.92. The van der Waals surface area contributed by atoms with Gasteiger partial charge in [-0.15, -0.1) is 0 Å². The van der Waals surface area contributed by atoms with Crippen LogP contribution in [0.3, 0.4) is 0 Å². The summed E-state index contributed by atoms with van der Waals surface area (Å²) in [6.45, 7) is 0. The summed E-state index contributed by atoms with van der Waals surface area (Å²) in [7, 11) is 0. The molecule has 4 rings (SSSR count). The first-order valence-electron chi connectivity index (χ1n) is 6.46. The van der Waals surface area contributed by atoms with E-state index >= 15 is 0 Å². The number of hydrogen-bond acceptors (Lipinski definition) is 3. The van der Waals surface area contributed by atoms with Crippen LogP contribution in [0.4, 0.5) is 5.69 Å². The maximum Gasteiger partial charge on any atom is 0.277 e. The van der Waals surface area contributed by atoms with E-state index in [1.807, 2.05) is 24.3 Å². The van der Waals surface area contributed by atoms with E-state index in [-0.39, 0.29) is 10.6 Å². The number of nitrogens with zero attached hydrogens (tertiary/aromatic N) is 2. The van der Waals surface area contributed by atoms with E-state index in [1.54, 1.807) is 18.2 Å². The lowest BCUT2D eigenvalue weighted by atomic mass is 9.91. The highest BCUT2D eigenvalue weighted by Gasteiger charge is 2.17. The molecule has 0 N–H and O–H groups in total. The van der Waals surface area contributed by atoms with E-state index in [4.69, 9.17) is 0 Å². The summed E-state index contributed by atoms with van der Waals surface area (Å²) >= 11 is 0. The van der Waals surface area contributed by atoms with Gasteiger partial charge in [0.2, 0.25) is 0 Å². The van der Waals surface area contributed by atoms with Crippen LogP contribution < -0.4 is 0 Å². The molecule has 0 unspecified atom stereocenters. The van der Waals surface area contributed by atoms with Crippen molar-refractivity contribution in [1.29, 1.82) is 5.26 Å². The number of rotatable bonds is 1. The average Bonchev–Trinajstić information content (AvgIpc) is 2.51. The fourth-order valence-electron chi connectivity index (χ4n) is 3.04. The van der Waals surface area contributed by atoms with Crippen LogP contribution in [-0.2, 0) is 0 Å². The quantitative estimate of drug-likeness (QED) is 0.293. The number of benzene rings is 4. The smallest absolute Gasteiger partial charge is 0.258 e. The molecule has 0 saturated heterocycles. The molecule has 0 aliphatic heterocycles. The van der Waals surface area contributed by atoms with Gasteiger partial charge in [-0.05, 0) is 34.4 Å². The van der Waals surface area contributed by atoms with Crippen molar-refractivity contribution in [2.24, 2.45) is 0 Å². The lowest BCUT2D eigenvalue weighted by Gasteiger charge is -2.11. The second-order valence-electron chi connectivity index (χ2n) is 4.99. The molecule has 0 amide bonds. The summed E-state index contributed by atoms with van der Waals surface area (Å²) < 4.78 is 0. The maximum absolute atomic E-state index is 11.2. The van der Waals surface area contributed by atoms with Gasteiger partial charge >= 0.3 is 0 Å². The van der Waals surface area contributed by atoms with E-state index in [0.29, 0.717) is 10.9 Å². The minimum atomic E-state index is -0.364. The predicted octanol–water partition coefficient (Wildman–Crippen LogP) is 4.36. The van der Waals surface area contributed by atoms with Crippen LogP contribution in [0, 0.1) is 21.4 Å². The number of non-ortho nitro benzene ring substituents is 1. The third kappa shape index (κ3) is 1.43. The summed E-state index contributed by atoms with van der Waals surface area (Å²) in [6, 6.07) is 16.6. The van der Waals surface area contributed by atoms with E-state index in [1.165, 1.54) is 6.07 Å². The van der Waals surface area contributed by atoms with Crippen LogP contribution in [0.25, 0.3) is 32.3 Å². The van der Waals surface area contributed by atoms with Crippen LogP contribution in [0.2, 0.25) is 0 Å². The number of hydrogen-bond donors (Lipinski definition) is 0. The molecule has 98 valence electrons. The highest BCUT2D eigenvalue weighted by Crippen LogP contribution is 2.39. The van der Waals surface area contributed by atoms with Crippen molar-refractivity contribution in [2.75, 3.05) is 0 Å². The zero-order chi connectivity index (χ0) is 14.6. The second kappa shape index (κ2) is 3.90. The molecule has 0 aliphatic rings. The molecule has 0 saturated carbocycles. The largest absolute Gasteiger partial charge is 0.277 e. The standard InChI is InChI=1S/C17H8N2O2/c18-9-12-2-1-10-4-7-14-15(19(20)21)8-5-11-3-6-13(12)16(10)17(11)14/h1-8H. The number of nitro groups is 1. The van der Waals surface area contributed by atoms with Gasteiger partial charge in [0, 0.05) is 16.8 Å². The molecular formula is C17H8N2O2. The van der Waals surface area contributed by atoms with Gasteiger partial charge in [0.1, 0.15) is 0 Å². The molecule has 0 heterocycles. The van der Waals surface area contributed by atoms with Gasteiger partial charge in [0.15, 0.2) is 0 Å². The summed E-state index contributed by atoms with van der Waals surface area (Å²) in [4.78, 5) is 10.9. The van der Waals surface area contributed by atoms with E-state index in [0.717, 1.165) is 26.9 Å². The molecule has 0 spiro atoms. The Hall–Kier alpha value is -3.19. The van der Waals surface area contributed by atoms with Crippen LogP contribution >= 0.6 is 0 Å². The van der Waals surface area contributed by atoms with Gasteiger partial charge in [-0.3, -0.25) is 10.1 Å². The minimum Gasteiger partial charge on any atom is -0.258 e. The Morgan fingerprint density at radius 2 is 1.43 bits per heavy atom. The fraction of sp³-hybridized carbons (Fsp3) is 0. The second-order valence-corrected chi connectivity index (χ2v) is 4.99. The first kappa shape index (κ1) is 11.6. The highest BCUT2D eigenvalue weighted by molar-refractivity contribution is 6.25. The van der Waals surface area contributed by atoms with Crippen LogP contribution in [0.1, 0.15) is 5.56 Å². The monoisotopic (exact) mass is 272 g/mol. The van der Waals surface area contributed by atoms with Gasteiger partial charge < -0.3 is 0 Å². The van der Waals surface area contributed by atoms with Crippen LogP contribution in [-0.4, -0.2) is 4.92 Å². The summed E-state index contributed by atoms with van der Waals surface area (Å²) in [5.41, 5.74) is 0.683. The normalized spacial score (nSPS) is 11.2. The molecule has 4 nitrogen and oxygen atoms in total. The van der Waals surface area contributed by atoms with Crippen molar-refractivity contribution < 1.29 is 4.92 Å². The number of nitriles is 1. The molecule has 4 heteroatoms. The maximum atomic E-state index is 11.2. The van der Waals surface area contributed by atoms with Crippen molar-refractivity contribution in [1.82, 2.24) is 0 Å². The Morgan fingerprint density at radius 3 is 2.10 bits per heavy atom. The number of nitro benzene ring substituents is 1. The Kier molecular flexibility index (Phi) is 2.16. The molecule has 4 aromatic carbocycles. The Morgan fingerprint density at radius 1 is 0.857 bits per heavy atom. The summed E-state index contributed by atoms with van der Waals surface area (Å²) in [5, 5.41) is 25.7. The Labute approximate surface area is 119 Å². The molecule has 0 fully saturated rings. The Bertz CT molecular complexity index is 1080. The minimum absolute atomic E-state index is 0.0965. The van der Waals surface area contributed by atoms with Gasteiger partial charge in [-0.1, -0.05) is 24.3 Å². The summed E-state index contributed by atoms with van der Waals surface area (Å²) in [6.07, 6.45) is 0. The van der Waals surface area contributed by atoms with Crippen molar-refractivity contribution in [3.05, 3.63) is 64.2 Å². The summed E-state index contributed by atoms with van der Waals surface area (Å²) in [5.74, 6) is 0. The van der Waals surface area contributed by atoms with Crippen LogP contribution in [0.15, 0.2) is 48.5 Å². The van der Waals surface area contributed by atoms with Crippen LogP contribution in [0.5, 0.6) is 0 Å². The fourth-order valence-corrected chi connectivity index (χ4v) is 3.04. The molecule has 0 aromatic heterocycles. The highest BCUT2D eigenvalue weighted by atomic mass is 16.6. The van der Waals surface area contributed by atoms with Gasteiger partial charge in [-0.25, -0.2) is 0 Å². The Balaban J connectivity index is 2.37. The molecule has 0 atom stereocenters. The lowest BCUT2D eigenvalue weighted by molar-refractivity contribution is -0.383. The molecule has 0 radical (unpaired) electrons. The van der Waals surface area contributed by atoms with Crippen molar-refractivity contribution in [2.45, 2.75) is 0 Å². The zero-order valence-corrected chi connectivity index (χ0v) is 10.8. The zero-order valence-electron chi connectivity index (χ0n) is 10.8. The molecule has 0 aliphatic carbocycles. The predicted molar refractivity (Wildman–Crippen MR) is 81.5 cm³/mol. The van der Waals surface area contributed by atoms with E-state index in [2.05, 4.69) is 6.07 Å².